The number of pyridine rings is 1. The number of hydrogen-bond acceptors (Lipinski definition) is 5. The van der Waals surface area contributed by atoms with Gasteiger partial charge < -0.3 is 10.2 Å². The lowest BCUT2D eigenvalue weighted by molar-refractivity contribution is 0.0956. The number of phenols is 2. The Morgan fingerprint density at radius 1 is 0.968 bits per heavy atom. The number of nitrogens with zero attached hydrogens (tertiary/aromatic N) is 2. The summed E-state index contributed by atoms with van der Waals surface area (Å²) in [6, 6.07) is 21.0. The van der Waals surface area contributed by atoms with Crippen molar-refractivity contribution in [3.63, 3.8) is 0 Å². The van der Waals surface area contributed by atoms with Crippen LogP contribution in [0, 0.1) is 0 Å². The van der Waals surface area contributed by atoms with Gasteiger partial charge >= 0.3 is 0 Å². The molecule has 1 amide bonds. The molecule has 0 fully saturated rings. The van der Waals surface area contributed by atoms with Crippen molar-refractivity contribution >= 4 is 38.5 Å². The van der Waals surface area contributed by atoms with Gasteiger partial charge in [-0.1, -0.05) is 46.3 Å². The van der Waals surface area contributed by atoms with Crippen molar-refractivity contribution < 1.29 is 15.0 Å². The second-order valence-electron chi connectivity index (χ2n) is 6.92. The predicted octanol–water partition coefficient (Wildman–Crippen LogP) is 5.23. The van der Waals surface area contributed by atoms with E-state index in [0.717, 1.165) is 10.0 Å². The highest BCUT2D eigenvalue weighted by atomic mass is 79.9. The number of aromatic hydroxyl groups is 2. The maximum Gasteiger partial charge on any atom is 0.272 e. The molecule has 3 N–H and O–H groups in total. The number of rotatable bonds is 4. The Hall–Kier alpha value is -3.71. The third-order valence-corrected chi connectivity index (χ3v) is 5.32. The normalized spacial score (nSPS) is 11.5. The molecule has 0 atom stereocenters. The number of hydrazone groups is 1. The first-order valence-electron chi connectivity index (χ1n) is 9.45. The van der Waals surface area contributed by atoms with E-state index >= 15 is 0 Å². The number of fused-ring (bicyclic) bond motifs is 1. The zero-order valence-electron chi connectivity index (χ0n) is 16.5. The van der Waals surface area contributed by atoms with Gasteiger partial charge in [-0.25, -0.2) is 10.4 Å². The molecule has 7 heteroatoms. The average Bonchev–Trinajstić information content (AvgIpc) is 2.78. The van der Waals surface area contributed by atoms with Gasteiger partial charge in [0.25, 0.3) is 5.91 Å². The van der Waals surface area contributed by atoms with Crippen molar-refractivity contribution in [1.82, 2.24) is 10.4 Å². The third kappa shape index (κ3) is 4.41. The van der Waals surface area contributed by atoms with Crippen LogP contribution < -0.4 is 5.43 Å². The first-order valence-corrected chi connectivity index (χ1v) is 10.2. The molecule has 0 spiro atoms. The fourth-order valence-electron chi connectivity index (χ4n) is 3.20. The van der Waals surface area contributed by atoms with Crippen LogP contribution in [-0.2, 0) is 0 Å². The molecule has 6 nitrogen and oxygen atoms in total. The van der Waals surface area contributed by atoms with Gasteiger partial charge in [0.2, 0.25) is 0 Å². The Morgan fingerprint density at radius 2 is 1.71 bits per heavy atom. The van der Waals surface area contributed by atoms with Crippen LogP contribution >= 0.6 is 15.9 Å². The summed E-state index contributed by atoms with van der Waals surface area (Å²) in [6.45, 7) is 1.63. The zero-order chi connectivity index (χ0) is 22.0. The van der Waals surface area contributed by atoms with Gasteiger partial charge in [0.15, 0.2) is 0 Å². The topological polar surface area (TPSA) is 94.8 Å². The Kier molecular flexibility index (Phi) is 5.68. The van der Waals surface area contributed by atoms with Crippen molar-refractivity contribution in [3.8, 4) is 22.8 Å². The standard InChI is InChI=1S/C24H18BrN3O3/c1-14(19-12-17(29)10-11-23(19)30)27-28-24(31)20-13-22(15-6-8-16(25)9-7-15)26-21-5-3-2-4-18(20)21/h2-13,29-30H,1H3,(H,28,31). The number of aromatic nitrogens is 1. The lowest BCUT2D eigenvalue weighted by Gasteiger charge is -2.10. The second-order valence-corrected chi connectivity index (χ2v) is 7.83. The van der Waals surface area contributed by atoms with E-state index in [0.29, 0.717) is 33.4 Å². The summed E-state index contributed by atoms with van der Waals surface area (Å²) in [7, 11) is 0. The van der Waals surface area contributed by atoms with E-state index in [-0.39, 0.29) is 11.5 Å². The van der Waals surface area contributed by atoms with Gasteiger partial charge in [-0.15, -0.1) is 0 Å². The molecular formula is C24H18BrN3O3. The first kappa shape index (κ1) is 20.6. The van der Waals surface area contributed by atoms with E-state index in [1.807, 2.05) is 48.5 Å². The molecule has 4 aromatic rings. The highest BCUT2D eigenvalue weighted by molar-refractivity contribution is 9.10. The van der Waals surface area contributed by atoms with Crippen LogP contribution in [0.3, 0.4) is 0 Å². The molecule has 0 aliphatic heterocycles. The van der Waals surface area contributed by atoms with Gasteiger partial charge in [0.05, 0.1) is 22.5 Å². The molecule has 3 aromatic carbocycles. The van der Waals surface area contributed by atoms with Gasteiger partial charge in [0, 0.05) is 21.0 Å². The van der Waals surface area contributed by atoms with E-state index in [4.69, 9.17) is 4.98 Å². The number of hydrogen-bond donors (Lipinski definition) is 3. The smallest absolute Gasteiger partial charge is 0.272 e. The maximum atomic E-state index is 13.0. The number of carbonyl (C=O) groups excluding carboxylic acids is 1. The van der Waals surface area contributed by atoms with Gasteiger partial charge in [0.1, 0.15) is 11.5 Å². The molecule has 0 aliphatic rings. The minimum Gasteiger partial charge on any atom is -0.508 e. The molecule has 0 unspecified atom stereocenters. The summed E-state index contributed by atoms with van der Waals surface area (Å²) in [5.74, 6) is -0.455. The molecule has 31 heavy (non-hydrogen) atoms. The predicted molar refractivity (Wildman–Crippen MR) is 124 cm³/mol. The van der Waals surface area contributed by atoms with Crippen LogP contribution in [0.15, 0.2) is 82.4 Å². The van der Waals surface area contributed by atoms with Gasteiger partial charge in [-0.05, 0) is 49.4 Å². The minimum absolute atomic E-state index is 0.00653. The van der Waals surface area contributed by atoms with Gasteiger partial charge in [-0.3, -0.25) is 4.79 Å². The molecule has 0 radical (unpaired) electrons. The Balaban J connectivity index is 1.71. The first-order chi connectivity index (χ1) is 14.9. The Labute approximate surface area is 187 Å². The van der Waals surface area contributed by atoms with E-state index in [1.54, 1.807) is 13.0 Å². The van der Waals surface area contributed by atoms with Crippen molar-refractivity contribution in [2.24, 2.45) is 5.10 Å². The highest BCUT2D eigenvalue weighted by Crippen LogP contribution is 2.26. The van der Waals surface area contributed by atoms with E-state index in [2.05, 4.69) is 26.5 Å². The van der Waals surface area contributed by atoms with Crippen molar-refractivity contribution in [2.75, 3.05) is 0 Å². The van der Waals surface area contributed by atoms with Crippen LogP contribution in [0.5, 0.6) is 11.5 Å². The molecule has 154 valence electrons. The van der Waals surface area contributed by atoms with E-state index in [9.17, 15) is 15.0 Å². The van der Waals surface area contributed by atoms with Crippen LogP contribution in [0.1, 0.15) is 22.8 Å². The number of para-hydroxylation sites is 1. The minimum atomic E-state index is -0.407. The quantitative estimate of drug-likeness (QED) is 0.214. The summed E-state index contributed by atoms with van der Waals surface area (Å²) >= 11 is 3.43. The molecule has 4 rings (SSSR count). The fourth-order valence-corrected chi connectivity index (χ4v) is 3.47. The number of carbonyl (C=O) groups is 1. The Bertz CT molecular complexity index is 1320. The summed E-state index contributed by atoms with van der Waals surface area (Å²) in [5, 5.41) is 24.5. The van der Waals surface area contributed by atoms with Crippen LogP contribution in [0.4, 0.5) is 0 Å². The second kappa shape index (κ2) is 8.57. The molecule has 1 heterocycles. The van der Waals surface area contributed by atoms with E-state index in [1.165, 1.54) is 18.2 Å². The van der Waals surface area contributed by atoms with Crippen LogP contribution in [0.25, 0.3) is 22.2 Å². The molecular weight excluding hydrogens is 458 g/mol. The molecule has 1 aromatic heterocycles. The Morgan fingerprint density at radius 3 is 2.48 bits per heavy atom. The third-order valence-electron chi connectivity index (χ3n) is 4.80. The number of nitrogens with one attached hydrogen (secondary N) is 1. The van der Waals surface area contributed by atoms with Crippen LogP contribution in [-0.4, -0.2) is 26.8 Å². The highest BCUT2D eigenvalue weighted by Gasteiger charge is 2.14. The largest absolute Gasteiger partial charge is 0.508 e. The van der Waals surface area contributed by atoms with E-state index < -0.39 is 5.91 Å². The molecule has 0 saturated carbocycles. The number of halogens is 1. The average molecular weight is 476 g/mol. The summed E-state index contributed by atoms with van der Waals surface area (Å²) in [5.41, 5.74) is 5.90. The number of benzene rings is 3. The molecule has 0 saturated heterocycles. The summed E-state index contributed by atoms with van der Waals surface area (Å²) in [4.78, 5) is 17.7. The lowest BCUT2D eigenvalue weighted by atomic mass is 10.0. The van der Waals surface area contributed by atoms with Crippen LogP contribution in [0.2, 0.25) is 0 Å². The molecule has 0 aliphatic carbocycles. The maximum absolute atomic E-state index is 13.0. The SMILES string of the molecule is CC(=NNC(=O)c1cc(-c2ccc(Br)cc2)nc2ccccc12)c1cc(O)ccc1O. The number of phenolic OH excluding ortho intramolecular Hbond substituents is 2. The lowest BCUT2D eigenvalue weighted by Crippen LogP contribution is -2.20. The van der Waals surface area contributed by atoms with Gasteiger partial charge in [-0.2, -0.15) is 5.10 Å². The summed E-state index contributed by atoms with van der Waals surface area (Å²) < 4.78 is 0.954. The number of amides is 1. The van der Waals surface area contributed by atoms with Crippen molar-refractivity contribution in [3.05, 3.63) is 88.4 Å². The monoisotopic (exact) mass is 475 g/mol. The van der Waals surface area contributed by atoms with Crippen molar-refractivity contribution in [2.45, 2.75) is 6.92 Å². The summed E-state index contributed by atoms with van der Waals surface area (Å²) in [6.07, 6.45) is 0. The zero-order valence-corrected chi connectivity index (χ0v) is 18.1. The molecule has 0 bridgehead atoms. The van der Waals surface area contributed by atoms with Crippen molar-refractivity contribution in [1.29, 1.82) is 0 Å². The fraction of sp³-hybridized carbons (Fsp3) is 0.0417.